The first-order chi connectivity index (χ1) is 7.00. The molecule has 2 rings (SSSR count). The van der Waals surface area contributed by atoms with Crippen molar-refractivity contribution in [1.82, 2.24) is 9.55 Å². The van der Waals surface area contributed by atoms with Gasteiger partial charge in [-0.15, -0.1) is 0 Å². The van der Waals surface area contributed by atoms with Crippen LogP contribution in [-0.4, -0.2) is 14.7 Å². The van der Waals surface area contributed by atoms with Crippen molar-refractivity contribution >= 4 is 11.0 Å². The summed E-state index contributed by atoms with van der Waals surface area (Å²) < 4.78 is 2.04. The minimum Gasteiger partial charge on any atom is -0.508 e. The summed E-state index contributed by atoms with van der Waals surface area (Å²) in [5, 5.41) is 9.83. The molecular formula is C12H16N2O. The van der Waals surface area contributed by atoms with E-state index < -0.39 is 0 Å². The molecule has 0 radical (unpaired) electrons. The fourth-order valence-electron chi connectivity index (χ4n) is 1.83. The van der Waals surface area contributed by atoms with Gasteiger partial charge in [-0.05, 0) is 24.5 Å². The molecule has 2 aromatic rings. The van der Waals surface area contributed by atoms with Crippen molar-refractivity contribution in [2.45, 2.75) is 26.7 Å². The van der Waals surface area contributed by atoms with E-state index in [0.29, 0.717) is 11.7 Å². The van der Waals surface area contributed by atoms with Gasteiger partial charge < -0.3 is 9.67 Å². The predicted molar refractivity (Wildman–Crippen MR) is 61.2 cm³/mol. The molecule has 1 N–H and O–H groups in total. The van der Waals surface area contributed by atoms with Crippen molar-refractivity contribution in [1.29, 1.82) is 0 Å². The molecule has 0 fully saturated rings. The standard InChI is InChI=1S/C12H16N2O/c1-7(2)9-5-11-10(6-12(9)15)13-8(3)14(11)4/h5-7,15H,1-4H3. The van der Waals surface area contributed by atoms with Crippen molar-refractivity contribution in [3.8, 4) is 5.75 Å². The lowest BCUT2D eigenvalue weighted by atomic mass is 10.0. The first kappa shape index (κ1) is 10.0. The van der Waals surface area contributed by atoms with Crippen LogP contribution in [0, 0.1) is 6.92 Å². The van der Waals surface area contributed by atoms with Crippen LogP contribution in [0.1, 0.15) is 31.2 Å². The van der Waals surface area contributed by atoms with Gasteiger partial charge in [-0.1, -0.05) is 13.8 Å². The van der Waals surface area contributed by atoms with Gasteiger partial charge in [0.15, 0.2) is 0 Å². The van der Waals surface area contributed by atoms with Gasteiger partial charge in [-0.3, -0.25) is 0 Å². The first-order valence-corrected chi connectivity index (χ1v) is 5.16. The van der Waals surface area contributed by atoms with E-state index in [4.69, 9.17) is 0 Å². The summed E-state index contributed by atoms with van der Waals surface area (Å²) in [6, 6.07) is 3.77. The number of aromatic nitrogens is 2. The molecule has 0 amide bonds. The van der Waals surface area contributed by atoms with Gasteiger partial charge >= 0.3 is 0 Å². The van der Waals surface area contributed by atoms with E-state index in [-0.39, 0.29) is 0 Å². The monoisotopic (exact) mass is 204 g/mol. The Kier molecular flexibility index (Phi) is 2.18. The molecule has 0 saturated carbocycles. The molecule has 0 saturated heterocycles. The van der Waals surface area contributed by atoms with Crippen LogP contribution >= 0.6 is 0 Å². The quantitative estimate of drug-likeness (QED) is 0.775. The fraction of sp³-hybridized carbons (Fsp3) is 0.417. The molecular weight excluding hydrogens is 188 g/mol. The van der Waals surface area contributed by atoms with Crippen molar-refractivity contribution in [2.24, 2.45) is 7.05 Å². The summed E-state index contributed by atoms with van der Waals surface area (Å²) in [7, 11) is 1.99. The van der Waals surface area contributed by atoms with Gasteiger partial charge in [-0.2, -0.15) is 0 Å². The maximum atomic E-state index is 9.83. The number of benzene rings is 1. The molecule has 0 bridgehead atoms. The second-order valence-corrected chi connectivity index (χ2v) is 4.27. The predicted octanol–water partition coefficient (Wildman–Crippen LogP) is 2.71. The van der Waals surface area contributed by atoms with Crippen LogP contribution in [0.5, 0.6) is 5.75 Å². The summed E-state index contributed by atoms with van der Waals surface area (Å²) in [5.74, 6) is 1.63. The molecule has 80 valence electrons. The van der Waals surface area contributed by atoms with Gasteiger partial charge in [-0.25, -0.2) is 4.98 Å². The summed E-state index contributed by atoms with van der Waals surface area (Å²) in [6.07, 6.45) is 0. The number of aromatic hydroxyl groups is 1. The Morgan fingerprint density at radius 1 is 1.33 bits per heavy atom. The Labute approximate surface area is 89.4 Å². The van der Waals surface area contributed by atoms with E-state index in [1.807, 2.05) is 24.6 Å². The Hall–Kier alpha value is -1.51. The Morgan fingerprint density at radius 2 is 2.00 bits per heavy atom. The average molecular weight is 204 g/mol. The summed E-state index contributed by atoms with van der Waals surface area (Å²) >= 11 is 0. The molecule has 3 nitrogen and oxygen atoms in total. The molecule has 0 aliphatic rings. The second-order valence-electron chi connectivity index (χ2n) is 4.27. The first-order valence-electron chi connectivity index (χ1n) is 5.16. The highest BCUT2D eigenvalue weighted by atomic mass is 16.3. The number of phenolic OH excluding ortho intramolecular Hbond substituents is 1. The van der Waals surface area contributed by atoms with Gasteiger partial charge in [0.25, 0.3) is 0 Å². The van der Waals surface area contributed by atoms with Crippen LogP contribution in [0.2, 0.25) is 0 Å². The third kappa shape index (κ3) is 1.48. The van der Waals surface area contributed by atoms with E-state index >= 15 is 0 Å². The second kappa shape index (κ2) is 3.26. The molecule has 3 heteroatoms. The van der Waals surface area contributed by atoms with Gasteiger partial charge in [0.2, 0.25) is 0 Å². The Bertz CT molecular complexity index is 512. The van der Waals surface area contributed by atoms with Gasteiger partial charge in [0, 0.05) is 13.1 Å². The molecule has 0 atom stereocenters. The highest BCUT2D eigenvalue weighted by molar-refractivity contribution is 5.79. The highest BCUT2D eigenvalue weighted by Gasteiger charge is 2.11. The summed E-state index contributed by atoms with van der Waals surface area (Å²) in [6.45, 7) is 6.11. The van der Waals surface area contributed by atoms with Crippen molar-refractivity contribution in [3.05, 3.63) is 23.5 Å². The normalized spacial score (nSPS) is 11.5. The molecule has 1 heterocycles. The van der Waals surface area contributed by atoms with E-state index in [0.717, 1.165) is 22.4 Å². The lowest BCUT2D eigenvalue weighted by molar-refractivity contribution is 0.465. The molecule has 0 aliphatic heterocycles. The van der Waals surface area contributed by atoms with E-state index in [2.05, 4.69) is 18.8 Å². The number of aryl methyl sites for hydroxylation is 2. The zero-order chi connectivity index (χ0) is 11.2. The maximum absolute atomic E-state index is 9.83. The minimum atomic E-state index is 0.324. The summed E-state index contributed by atoms with van der Waals surface area (Å²) in [4.78, 5) is 4.38. The third-order valence-corrected chi connectivity index (χ3v) is 2.87. The SMILES string of the molecule is Cc1nc2cc(O)c(C(C)C)cc2n1C. The Balaban J connectivity index is 2.77. The third-order valence-electron chi connectivity index (χ3n) is 2.87. The van der Waals surface area contributed by atoms with Crippen LogP contribution in [-0.2, 0) is 7.05 Å². The Morgan fingerprint density at radius 3 is 2.60 bits per heavy atom. The topological polar surface area (TPSA) is 38.1 Å². The van der Waals surface area contributed by atoms with E-state index in [1.54, 1.807) is 6.07 Å². The minimum absolute atomic E-state index is 0.324. The van der Waals surface area contributed by atoms with E-state index in [9.17, 15) is 5.11 Å². The molecule has 15 heavy (non-hydrogen) atoms. The number of hydrogen-bond donors (Lipinski definition) is 1. The van der Waals surface area contributed by atoms with Gasteiger partial charge in [0.05, 0.1) is 11.0 Å². The fourth-order valence-corrected chi connectivity index (χ4v) is 1.83. The van der Waals surface area contributed by atoms with Crippen LogP contribution in [0.4, 0.5) is 0 Å². The van der Waals surface area contributed by atoms with Crippen molar-refractivity contribution in [2.75, 3.05) is 0 Å². The van der Waals surface area contributed by atoms with Crippen LogP contribution in [0.3, 0.4) is 0 Å². The van der Waals surface area contributed by atoms with Crippen LogP contribution in [0.15, 0.2) is 12.1 Å². The molecule has 0 unspecified atom stereocenters. The number of hydrogen-bond acceptors (Lipinski definition) is 2. The average Bonchev–Trinajstić information content (AvgIpc) is 2.41. The largest absolute Gasteiger partial charge is 0.508 e. The smallest absolute Gasteiger partial charge is 0.121 e. The lowest BCUT2D eigenvalue weighted by Gasteiger charge is -2.08. The van der Waals surface area contributed by atoms with E-state index in [1.165, 1.54) is 0 Å². The van der Waals surface area contributed by atoms with Crippen molar-refractivity contribution in [3.63, 3.8) is 0 Å². The highest BCUT2D eigenvalue weighted by Crippen LogP contribution is 2.30. The number of nitrogens with zero attached hydrogens (tertiary/aromatic N) is 2. The van der Waals surface area contributed by atoms with Crippen LogP contribution in [0.25, 0.3) is 11.0 Å². The van der Waals surface area contributed by atoms with Crippen molar-refractivity contribution < 1.29 is 5.11 Å². The van der Waals surface area contributed by atoms with Crippen LogP contribution < -0.4 is 0 Å². The molecule has 0 spiro atoms. The number of rotatable bonds is 1. The number of fused-ring (bicyclic) bond motifs is 1. The molecule has 0 aliphatic carbocycles. The summed E-state index contributed by atoms with van der Waals surface area (Å²) in [5.41, 5.74) is 2.91. The maximum Gasteiger partial charge on any atom is 0.121 e. The van der Waals surface area contributed by atoms with Gasteiger partial charge in [0.1, 0.15) is 11.6 Å². The lowest BCUT2D eigenvalue weighted by Crippen LogP contribution is -1.92. The number of imidazole rings is 1. The zero-order valence-corrected chi connectivity index (χ0v) is 9.57. The molecule has 1 aromatic carbocycles. The zero-order valence-electron chi connectivity index (χ0n) is 9.57. The number of phenols is 1. The molecule has 1 aromatic heterocycles.